The molecule has 3 aromatic rings. The minimum Gasteiger partial charge on any atom is -1.00 e. The molecular weight excluding hydrogens is 394 g/mol. The van der Waals surface area contributed by atoms with E-state index in [4.69, 9.17) is 5.73 Å². The molecule has 144 valence electrons. The number of hydrogen-bond donors (Lipinski definition) is 2. The van der Waals surface area contributed by atoms with Gasteiger partial charge in [0.1, 0.15) is 11.0 Å². The number of fused-ring (bicyclic) bond motifs is 1. The highest BCUT2D eigenvalue weighted by Crippen LogP contribution is 2.26. The van der Waals surface area contributed by atoms with Crippen molar-refractivity contribution in [3.8, 4) is 0 Å². The van der Waals surface area contributed by atoms with Crippen molar-refractivity contribution in [1.82, 2.24) is 4.57 Å². The number of benzene rings is 2. The van der Waals surface area contributed by atoms with E-state index in [0.717, 1.165) is 11.0 Å². The van der Waals surface area contributed by atoms with Gasteiger partial charge in [-0.25, -0.2) is 9.13 Å². The fourth-order valence-electron chi connectivity index (χ4n) is 2.88. The summed E-state index contributed by atoms with van der Waals surface area (Å²) in [6.45, 7) is 2.75. The van der Waals surface area contributed by atoms with Gasteiger partial charge in [-0.05, 0) is 43.3 Å². The Kier molecular flexibility index (Phi) is 7.04. The third-order valence-corrected chi connectivity index (χ3v) is 4.72. The van der Waals surface area contributed by atoms with E-state index < -0.39 is 5.76 Å². The molecule has 0 aliphatic carbocycles. The van der Waals surface area contributed by atoms with Crippen molar-refractivity contribution >= 4 is 40.3 Å². The zero-order valence-corrected chi connectivity index (χ0v) is 16.1. The molecule has 1 heterocycles. The lowest BCUT2D eigenvalue weighted by Crippen LogP contribution is -3.00. The molecular formula is C18H19ClF2N4OS. The van der Waals surface area contributed by atoms with Crippen LogP contribution in [0.5, 0.6) is 0 Å². The molecule has 1 amide bonds. The van der Waals surface area contributed by atoms with Crippen molar-refractivity contribution in [1.29, 1.82) is 0 Å². The molecule has 0 atom stereocenters. The Morgan fingerprint density at radius 2 is 1.89 bits per heavy atom. The standard InChI is InChI=1S/C18H18F2N4OS.ClH/c1-2-23-14-5-3-4-6-15(14)24(18(23)21)11-16(25)22-12-7-9-13(10-8-12)26-17(19)20;/h3-10,17,21H,2,11H2,1H3,(H,22,25);1H. The summed E-state index contributed by atoms with van der Waals surface area (Å²) in [5.74, 6) is -2.20. The Morgan fingerprint density at radius 3 is 2.52 bits per heavy atom. The number of hydrogen-bond acceptors (Lipinski definition) is 3. The van der Waals surface area contributed by atoms with Crippen molar-refractivity contribution in [2.45, 2.75) is 30.7 Å². The van der Waals surface area contributed by atoms with Gasteiger partial charge in [0.05, 0.1) is 6.54 Å². The molecule has 27 heavy (non-hydrogen) atoms. The second-order valence-corrected chi connectivity index (χ2v) is 6.69. The maximum Gasteiger partial charge on any atom is 0.356 e. The number of amides is 1. The first-order chi connectivity index (χ1) is 12.5. The Balaban J connectivity index is 0.00000261. The van der Waals surface area contributed by atoms with Gasteiger partial charge in [-0.2, -0.15) is 8.78 Å². The number of aryl methyl sites for hydroxylation is 1. The van der Waals surface area contributed by atoms with Crippen LogP contribution >= 0.6 is 11.8 Å². The average Bonchev–Trinajstić information content (AvgIpc) is 2.88. The fourth-order valence-corrected chi connectivity index (χ4v) is 3.37. The summed E-state index contributed by atoms with van der Waals surface area (Å²) in [4.78, 5) is 12.9. The Hall–Kier alpha value is -2.32. The first-order valence-electron chi connectivity index (χ1n) is 8.11. The van der Waals surface area contributed by atoms with Crippen LogP contribution in [0.25, 0.3) is 11.0 Å². The van der Waals surface area contributed by atoms with E-state index in [9.17, 15) is 13.6 Å². The molecule has 1 aromatic heterocycles. The van der Waals surface area contributed by atoms with Gasteiger partial charge in [-0.15, -0.1) is 0 Å². The van der Waals surface area contributed by atoms with Gasteiger partial charge in [-0.1, -0.05) is 23.9 Å². The summed E-state index contributed by atoms with van der Waals surface area (Å²) >= 11 is 0.468. The number of alkyl halides is 2. The SMILES string of the molecule is CCn1c(N)[n+](CC(=O)Nc2ccc(SC(F)F)cc2)c2ccccc21.[Cl-]. The quantitative estimate of drug-likeness (QED) is 0.457. The zero-order chi connectivity index (χ0) is 18.7. The van der Waals surface area contributed by atoms with Crippen LogP contribution in [0.3, 0.4) is 0 Å². The fraction of sp³-hybridized carbons (Fsp3) is 0.222. The predicted molar refractivity (Wildman–Crippen MR) is 99.2 cm³/mol. The molecule has 0 unspecified atom stereocenters. The van der Waals surface area contributed by atoms with E-state index in [0.29, 0.717) is 34.8 Å². The maximum absolute atomic E-state index is 12.4. The van der Waals surface area contributed by atoms with Crippen LogP contribution in [-0.2, 0) is 17.9 Å². The number of nitrogens with zero attached hydrogens (tertiary/aromatic N) is 2. The number of thioether (sulfide) groups is 1. The van der Waals surface area contributed by atoms with Crippen molar-refractivity contribution in [2.75, 3.05) is 11.1 Å². The number of nitrogens with two attached hydrogens (primary N) is 1. The lowest BCUT2D eigenvalue weighted by Gasteiger charge is -2.06. The first-order valence-corrected chi connectivity index (χ1v) is 8.98. The highest BCUT2D eigenvalue weighted by molar-refractivity contribution is 7.99. The molecule has 0 fully saturated rings. The van der Waals surface area contributed by atoms with E-state index in [-0.39, 0.29) is 24.9 Å². The molecule has 0 bridgehead atoms. The predicted octanol–water partition coefficient (Wildman–Crippen LogP) is 0.488. The van der Waals surface area contributed by atoms with E-state index in [2.05, 4.69) is 5.32 Å². The van der Waals surface area contributed by atoms with Crippen molar-refractivity contribution < 1.29 is 30.5 Å². The Bertz CT molecular complexity index is 931. The lowest BCUT2D eigenvalue weighted by molar-refractivity contribution is -0.643. The molecule has 3 N–H and O–H groups in total. The minimum absolute atomic E-state index is 0. The number of carbonyl (C=O) groups is 1. The summed E-state index contributed by atoms with van der Waals surface area (Å²) in [5.41, 5.74) is 8.60. The molecule has 3 rings (SSSR count). The summed E-state index contributed by atoms with van der Waals surface area (Å²) in [7, 11) is 0. The van der Waals surface area contributed by atoms with Crippen LogP contribution in [0.1, 0.15) is 6.92 Å². The third kappa shape index (κ3) is 4.70. The number of carbonyl (C=O) groups excluding carboxylic acids is 1. The second-order valence-electron chi connectivity index (χ2n) is 5.63. The molecule has 0 saturated carbocycles. The number of aromatic nitrogens is 2. The van der Waals surface area contributed by atoms with Gasteiger partial charge in [0.2, 0.25) is 0 Å². The van der Waals surface area contributed by atoms with Crippen LogP contribution in [0.2, 0.25) is 0 Å². The van der Waals surface area contributed by atoms with Gasteiger partial charge < -0.3 is 17.7 Å². The normalized spacial score (nSPS) is 10.8. The second kappa shape index (κ2) is 9.05. The topological polar surface area (TPSA) is 63.9 Å². The summed E-state index contributed by atoms with van der Waals surface area (Å²) in [6.07, 6.45) is 0. The largest absolute Gasteiger partial charge is 1.00 e. The number of halogens is 3. The zero-order valence-electron chi connectivity index (χ0n) is 14.5. The lowest BCUT2D eigenvalue weighted by atomic mass is 10.3. The van der Waals surface area contributed by atoms with E-state index in [1.807, 2.05) is 35.8 Å². The summed E-state index contributed by atoms with van der Waals surface area (Å²) < 4.78 is 28.4. The molecule has 0 radical (unpaired) electrons. The highest BCUT2D eigenvalue weighted by atomic mass is 35.5. The molecule has 5 nitrogen and oxygen atoms in total. The van der Waals surface area contributed by atoms with Gasteiger partial charge >= 0.3 is 5.95 Å². The van der Waals surface area contributed by atoms with Crippen LogP contribution in [0.15, 0.2) is 53.4 Å². The minimum atomic E-state index is -2.47. The van der Waals surface area contributed by atoms with Crippen LogP contribution in [0, 0.1) is 0 Å². The van der Waals surface area contributed by atoms with E-state index in [1.165, 1.54) is 0 Å². The monoisotopic (exact) mass is 412 g/mol. The van der Waals surface area contributed by atoms with Crippen LogP contribution in [0.4, 0.5) is 20.4 Å². The number of para-hydroxylation sites is 2. The molecule has 0 aliphatic heterocycles. The van der Waals surface area contributed by atoms with Crippen molar-refractivity contribution in [3.05, 3.63) is 48.5 Å². The molecule has 0 aliphatic rings. The number of imidazole rings is 1. The molecule has 0 spiro atoms. The third-order valence-electron chi connectivity index (χ3n) is 4.00. The van der Waals surface area contributed by atoms with Gasteiger partial charge in [0.25, 0.3) is 11.7 Å². The van der Waals surface area contributed by atoms with Crippen molar-refractivity contribution in [3.63, 3.8) is 0 Å². The highest BCUT2D eigenvalue weighted by Gasteiger charge is 2.21. The number of nitrogen functional groups attached to an aromatic ring is 1. The van der Waals surface area contributed by atoms with Gasteiger partial charge in [0, 0.05) is 10.6 Å². The number of nitrogens with one attached hydrogen (secondary N) is 1. The average molecular weight is 413 g/mol. The van der Waals surface area contributed by atoms with Crippen LogP contribution < -0.4 is 28.0 Å². The van der Waals surface area contributed by atoms with Gasteiger partial charge in [-0.3, -0.25) is 10.5 Å². The molecule has 0 saturated heterocycles. The Labute approximate surface area is 166 Å². The van der Waals surface area contributed by atoms with Crippen LogP contribution in [-0.4, -0.2) is 16.2 Å². The summed E-state index contributed by atoms with van der Waals surface area (Å²) in [6, 6.07) is 14.0. The van der Waals surface area contributed by atoms with Gasteiger partial charge in [0.15, 0.2) is 6.54 Å². The number of rotatable bonds is 6. The first kappa shape index (κ1) is 21.0. The van der Waals surface area contributed by atoms with E-state index in [1.54, 1.807) is 28.8 Å². The maximum atomic E-state index is 12.4. The van der Waals surface area contributed by atoms with Crippen molar-refractivity contribution in [2.24, 2.45) is 0 Å². The molecule has 9 heteroatoms. The smallest absolute Gasteiger partial charge is 0.356 e. The summed E-state index contributed by atoms with van der Waals surface area (Å²) in [5, 5.41) is 2.77. The van der Waals surface area contributed by atoms with E-state index >= 15 is 0 Å². The number of anilines is 2. The molecule has 2 aromatic carbocycles. The Morgan fingerprint density at radius 1 is 1.22 bits per heavy atom.